The van der Waals surface area contributed by atoms with Crippen LogP contribution in [0.15, 0.2) is 54.6 Å². The lowest BCUT2D eigenvalue weighted by molar-refractivity contribution is -0.0987. The minimum atomic E-state index is -0.487. The molecule has 0 heterocycles. The minimum Gasteiger partial charge on any atom is -0.444 e. The fourth-order valence-corrected chi connectivity index (χ4v) is 4.31. The molecule has 0 aliphatic rings. The van der Waals surface area contributed by atoms with Crippen molar-refractivity contribution in [1.29, 1.82) is 0 Å². The monoisotopic (exact) mass is 631 g/mol. The number of carbonyl (C=O) groups is 3. The van der Waals surface area contributed by atoms with Gasteiger partial charge in [0, 0.05) is 37.5 Å². The molecule has 2 aromatic carbocycles. The Morgan fingerprint density at radius 1 is 0.889 bits per heavy atom. The zero-order valence-corrected chi connectivity index (χ0v) is 30.4. The Morgan fingerprint density at radius 2 is 1.42 bits per heavy atom. The van der Waals surface area contributed by atoms with E-state index in [1.165, 1.54) is 11.1 Å². The Labute approximate surface area is 275 Å². The van der Waals surface area contributed by atoms with Crippen molar-refractivity contribution in [3.05, 3.63) is 65.7 Å². The standard InChI is InChI=1S/C21H36N2O2.C12H19NO.C2H6.2CH2O/c1-16(2)14-23(7)15-17(3)19(13-18-11-9-8-10-12-18)22-20(24)25-21(4,5)6;1-4-14-9-11(3)13-12-7-5-10(2)6-8-12;3*1-2/h8-12,16-17,19H,13-15H2,1-7H3,(H,22,24);5-8,11,13H,4,9H2,1-3H3;1-2H3;2*1H2/t17-,19?;;;;/m1..../s1. The molecule has 1 amide bonds. The molecule has 0 saturated carbocycles. The Hall–Kier alpha value is -3.23. The first-order valence-corrected chi connectivity index (χ1v) is 16.0. The van der Waals surface area contributed by atoms with Crippen LogP contribution in [0.3, 0.4) is 0 Å². The van der Waals surface area contributed by atoms with Crippen molar-refractivity contribution in [2.75, 3.05) is 38.7 Å². The van der Waals surface area contributed by atoms with Gasteiger partial charge in [0.15, 0.2) is 0 Å². The first-order chi connectivity index (χ1) is 21.3. The van der Waals surface area contributed by atoms with Crippen molar-refractivity contribution in [2.45, 2.75) is 100 Å². The summed E-state index contributed by atoms with van der Waals surface area (Å²) in [6.45, 7) is 30.0. The van der Waals surface area contributed by atoms with Crippen LogP contribution in [-0.4, -0.2) is 75.6 Å². The van der Waals surface area contributed by atoms with Crippen LogP contribution in [-0.2, 0) is 25.5 Å². The Balaban J connectivity index is -0.000000744. The normalized spacial score (nSPS) is 12.2. The molecule has 2 rings (SSSR count). The molecule has 8 nitrogen and oxygen atoms in total. The van der Waals surface area contributed by atoms with E-state index < -0.39 is 5.60 Å². The number of ether oxygens (including phenoxy) is 2. The fraction of sp³-hybridized carbons (Fsp3) is 0.595. The highest BCUT2D eigenvalue weighted by atomic mass is 16.6. The van der Waals surface area contributed by atoms with Crippen molar-refractivity contribution < 1.29 is 23.9 Å². The second-order valence-electron chi connectivity index (χ2n) is 12.1. The van der Waals surface area contributed by atoms with Gasteiger partial charge >= 0.3 is 6.09 Å². The van der Waals surface area contributed by atoms with Gasteiger partial charge in [0.1, 0.15) is 19.2 Å². The number of carbonyl (C=O) groups excluding carboxylic acids is 3. The number of benzene rings is 2. The molecule has 0 fully saturated rings. The molecule has 8 heteroatoms. The van der Waals surface area contributed by atoms with Gasteiger partial charge in [0.05, 0.1) is 6.61 Å². The third-order valence-electron chi connectivity index (χ3n) is 6.00. The molecule has 258 valence electrons. The van der Waals surface area contributed by atoms with Crippen molar-refractivity contribution in [3.8, 4) is 0 Å². The second kappa shape index (κ2) is 28.3. The molecule has 0 bridgehead atoms. The first-order valence-electron chi connectivity index (χ1n) is 16.0. The molecule has 0 spiro atoms. The number of alkyl carbamates (subject to hydrolysis) is 1. The van der Waals surface area contributed by atoms with Crippen LogP contribution in [0.2, 0.25) is 0 Å². The zero-order valence-electron chi connectivity index (χ0n) is 30.4. The van der Waals surface area contributed by atoms with Crippen LogP contribution < -0.4 is 10.6 Å². The summed E-state index contributed by atoms with van der Waals surface area (Å²) in [6.07, 6.45) is 0.461. The average molecular weight is 632 g/mol. The quantitative estimate of drug-likeness (QED) is 0.233. The van der Waals surface area contributed by atoms with Crippen LogP contribution in [0, 0.1) is 18.8 Å². The van der Waals surface area contributed by atoms with Gasteiger partial charge in [0.2, 0.25) is 0 Å². The molecule has 0 aromatic heterocycles. The number of aryl methyl sites for hydroxylation is 1. The highest BCUT2D eigenvalue weighted by molar-refractivity contribution is 5.68. The van der Waals surface area contributed by atoms with Gasteiger partial charge in [-0.3, -0.25) is 0 Å². The summed E-state index contributed by atoms with van der Waals surface area (Å²) in [4.78, 5) is 30.6. The molecule has 0 radical (unpaired) electrons. The number of anilines is 1. The zero-order chi connectivity index (χ0) is 35.4. The fourth-order valence-electron chi connectivity index (χ4n) is 4.31. The second-order valence-corrected chi connectivity index (χ2v) is 12.1. The summed E-state index contributed by atoms with van der Waals surface area (Å²) in [5, 5.41) is 6.47. The molecule has 2 unspecified atom stereocenters. The number of amides is 1. The van der Waals surface area contributed by atoms with Gasteiger partial charge in [-0.2, -0.15) is 0 Å². The number of rotatable bonds is 13. The summed E-state index contributed by atoms with van der Waals surface area (Å²) in [7, 11) is 2.14. The van der Waals surface area contributed by atoms with Crippen LogP contribution in [0.5, 0.6) is 0 Å². The Bertz CT molecular complexity index is 947. The van der Waals surface area contributed by atoms with Crippen LogP contribution >= 0.6 is 0 Å². The first kappa shape index (κ1) is 46.2. The largest absolute Gasteiger partial charge is 0.444 e. The van der Waals surface area contributed by atoms with Gasteiger partial charge in [-0.05, 0) is 84.5 Å². The van der Waals surface area contributed by atoms with E-state index in [0.717, 1.165) is 38.4 Å². The molecule has 2 aromatic rings. The van der Waals surface area contributed by atoms with Crippen molar-refractivity contribution in [3.63, 3.8) is 0 Å². The predicted octanol–water partition coefficient (Wildman–Crippen LogP) is 7.83. The van der Waals surface area contributed by atoms with Gasteiger partial charge in [-0.15, -0.1) is 0 Å². The van der Waals surface area contributed by atoms with Crippen molar-refractivity contribution in [1.82, 2.24) is 10.2 Å². The van der Waals surface area contributed by atoms with Gasteiger partial charge in [0.25, 0.3) is 0 Å². The number of hydrogen-bond donors (Lipinski definition) is 2. The maximum absolute atomic E-state index is 12.3. The highest BCUT2D eigenvalue weighted by Gasteiger charge is 2.24. The third kappa shape index (κ3) is 26.9. The SMILES string of the molecule is C=O.C=O.CC.CC(C)CN(C)C[C@@H](C)C(Cc1ccccc1)NC(=O)OC(C)(C)C.CCOCC(C)Nc1ccc(C)cc1. The van der Waals surface area contributed by atoms with E-state index in [9.17, 15) is 4.79 Å². The molecule has 3 atom stereocenters. The lowest BCUT2D eigenvalue weighted by Gasteiger charge is -2.30. The van der Waals surface area contributed by atoms with E-state index in [-0.39, 0.29) is 12.1 Å². The van der Waals surface area contributed by atoms with Crippen molar-refractivity contribution >= 4 is 25.4 Å². The van der Waals surface area contributed by atoms with Crippen LogP contribution in [0.4, 0.5) is 10.5 Å². The molecule has 0 saturated heterocycles. The van der Waals surface area contributed by atoms with E-state index in [2.05, 4.69) is 93.6 Å². The number of hydrogen-bond acceptors (Lipinski definition) is 7. The number of nitrogens with one attached hydrogen (secondary N) is 2. The Morgan fingerprint density at radius 3 is 1.89 bits per heavy atom. The van der Waals surface area contributed by atoms with Gasteiger partial charge < -0.3 is 34.6 Å². The Kier molecular flexibility index (Phi) is 29.0. The van der Waals surface area contributed by atoms with Crippen LogP contribution in [0.25, 0.3) is 0 Å². The van der Waals surface area contributed by atoms with Gasteiger partial charge in [-0.25, -0.2) is 4.79 Å². The lowest BCUT2D eigenvalue weighted by Crippen LogP contribution is -2.46. The summed E-state index contributed by atoms with van der Waals surface area (Å²) >= 11 is 0. The van der Waals surface area contributed by atoms with E-state index >= 15 is 0 Å². The summed E-state index contributed by atoms with van der Waals surface area (Å²) in [5.74, 6) is 0.945. The minimum absolute atomic E-state index is 0.0341. The molecule has 2 N–H and O–H groups in total. The van der Waals surface area contributed by atoms with Gasteiger partial charge in [-0.1, -0.05) is 82.6 Å². The van der Waals surface area contributed by atoms with Crippen LogP contribution in [0.1, 0.15) is 80.4 Å². The smallest absolute Gasteiger partial charge is 0.407 e. The van der Waals surface area contributed by atoms with E-state index in [0.29, 0.717) is 17.9 Å². The van der Waals surface area contributed by atoms with E-state index in [1.54, 1.807) is 0 Å². The third-order valence-corrected chi connectivity index (χ3v) is 6.00. The van der Waals surface area contributed by atoms with E-state index in [4.69, 9.17) is 19.1 Å². The summed E-state index contributed by atoms with van der Waals surface area (Å²) in [6, 6.07) is 19.1. The van der Waals surface area contributed by atoms with Crippen molar-refractivity contribution in [2.24, 2.45) is 11.8 Å². The van der Waals surface area contributed by atoms with E-state index in [1.807, 2.05) is 73.3 Å². The summed E-state index contributed by atoms with van der Waals surface area (Å²) in [5.41, 5.74) is 3.18. The topological polar surface area (TPSA) is 97.0 Å². The average Bonchev–Trinajstić information content (AvgIpc) is 2.99. The molecule has 0 aliphatic heterocycles. The molecular formula is C37H65N3O5. The molecule has 45 heavy (non-hydrogen) atoms. The summed E-state index contributed by atoms with van der Waals surface area (Å²) < 4.78 is 10.8. The predicted molar refractivity (Wildman–Crippen MR) is 191 cm³/mol. The molecular weight excluding hydrogens is 566 g/mol. The molecule has 0 aliphatic carbocycles. The number of nitrogens with zero attached hydrogens (tertiary/aromatic N) is 1. The highest BCUT2D eigenvalue weighted by Crippen LogP contribution is 2.15. The lowest BCUT2D eigenvalue weighted by atomic mass is 9.94. The maximum atomic E-state index is 12.3. The maximum Gasteiger partial charge on any atom is 0.407 e.